The quantitative estimate of drug-likeness (QED) is 0.869. The van der Waals surface area contributed by atoms with Crippen LogP contribution in [0.1, 0.15) is 30.9 Å². The molecule has 1 nitrogen and oxygen atoms in total. The Morgan fingerprint density at radius 1 is 1.43 bits per heavy atom. The number of halogens is 2. The summed E-state index contributed by atoms with van der Waals surface area (Å²) in [6.45, 7) is 0. The molecule has 1 aromatic carbocycles. The third-order valence-corrected chi connectivity index (χ3v) is 3.93. The van der Waals surface area contributed by atoms with Gasteiger partial charge in [0.2, 0.25) is 0 Å². The molecule has 0 heterocycles. The third kappa shape index (κ3) is 1.97. The molecule has 3 heteroatoms. The van der Waals surface area contributed by atoms with E-state index in [9.17, 15) is 0 Å². The first-order valence-corrected chi connectivity index (χ1v) is 6.06. The molecule has 1 saturated carbocycles. The fraction of sp³-hybridized carbons (Fsp3) is 0.455. The summed E-state index contributed by atoms with van der Waals surface area (Å²) in [6, 6.07) is 5.95. The van der Waals surface area contributed by atoms with Gasteiger partial charge in [-0.2, -0.15) is 0 Å². The van der Waals surface area contributed by atoms with E-state index in [1.54, 1.807) is 0 Å². The maximum atomic E-state index is 6.18. The Bertz CT molecular complexity index is 336. The average molecular weight is 275 g/mol. The molecule has 0 saturated heterocycles. The SMILES string of the molecule is N[C@@H](c1cc(Cl)ccc1Br)C1CCC1. The molecule has 0 spiro atoms. The van der Waals surface area contributed by atoms with Gasteiger partial charge in [-0.05, 0) is 42.5 Å². The maximum Gasteiger partial charge on any atom is 0.0410 e. The van der Waals surface area contributed by atoms with E-state index in [4.69, 9.17) is 17.3 Å². The van der Waals surface area contributed by atoms with Crippen LogP contribution in [0.4, 0.5) is 0 Å². The highest BCUT2D eigenvalue weighted by Gasteiger charge is 2.26. The van der Waals surface area contributed by atoms with Crippen LogP contribution in [-0.4, -0.2) is 0 Å². The first kappa shape index (κ1) is 10.5. The van der Waals surface area contributed by atoms with Gasteiger partial charge in [0.05, 0.1) is 0 Å². The fourth-order valence-corrected chi connectivity index (χ4v) is 2.51. The van der Waals surface area contributed by atoms with E-state index in [0.29, 0.717) is 5.92 Å². The number of benzene rings is 1. The van der Waals surface area contributed by atoms with E-state index < -0.39 is 0 Å². The maximum absolute atomic E-state index is 6.18. The summed E-state index contributed by atoms with van der Waals surface area (Å²) in [7, 11) is 0. The standard InChI is InChI=1S/C11H13BrClN/c12-10-5-4-8(13)6-9(10)11(14)7-2-1-3-7/h4-7,11H,1-3,14H2/t11-/m1/s1. The van der Waals surface area contributed by atoms with Crippen molar-refractivity contribution in [2.45, 2.75) is 25.3 Å². The zero-order valence-corrected chi connectivity index (χ0v) is 10.2. The molecule has 0 aliphatic heterocycles. The smallest absolute Gasteiger partial charge is 0.0410 e. The molecule has 0 amide bonds. The highest BCUT2D eigenvalue weighted by Crippen LogP contribution is 2.39. The van der Waals surface area contributed by atoms with Gasteiger partial charge in [-0.25, -0.2) is 0 Å². The van der Waals surface area contributed by atoms with Crippen LogP contribution in [-0.2, 0) is 0 Å². The zero-order chi connectivity index (χ0) is 10.1. The average Bonchev–Trinajstić information content (AvgIpc) is 2.06. The van der Waals surface area contributed by atoms with Gasteiger partial charge in [0.1, 0.15) is 0 Å². The van der Waals surface area contributed by atoms with Crippen molar-refractivity contribution in [3.05, 3.63) is 33.3 Å². The highest BCUT2D eigenvalue weighted by atomic mass is 79.9. The first-order chi connectivity index (χ1) is 6.68. The summed E-state index contributed by atoms with van der Waals surface area (Å²) in [5.74, 6) is 0.643. The van der Waals surface area contributed by atoms with Crippen molar-refractivity contribution in [3.63, 3.8) is 0 Å². The highest BCUT2D eigenvalue weighted by molar-refractivity contribution is 9.10. The van der Waals surface area contributed by atoms with Crippen molar-refractivity contribution in [2.24, 2.45) is 11.7 Å². The molecule has 76 valence electrons. The first-order valence-electron chi connectivity index (χ1n) is 4.89. The Hall–Kier alpha value is -0.0500. The van der Waals surface area contributed by atoms with E-state index in [2.05, 4.69) is 15.9 Å². The molecule has 0 radical (unpaired) electrons. The number of nitrogens with two attached hydrogens (primary N) is 1. The van der Waals surface area contributed by atoms with Crippen LogP contribution < -0.4 is 5.73 Å². The van der Waals surface area contributed by atoms with Crippen LogP contribution in [0.5, 0.6) is 0 Å². The Labute approximate surface area is 97.8 Å². The van der Waals surface area contributed by atoms with Crippen LogP contribution in [0.3, 0.4) is 0 Å². The molecule has 2 N–H and O–H groups in total. The lowest BCUT2D eigenvalue weighted by molar-refractivity contribution is 0.264. The van der Waals surface area contributed by atoms with Gasteiger partial charge in [-0.3, -0.25) is 0 Å². The minimum absolute atomic E-state index is 0.136. The predicted molar refractivity (Wildman–Crippen MR) is 63.4 cm³/mol. The van der Waals surface area contributed by atoms with Gasteiger partial charge in [0, 0.05) is 15.5 Å². The minimum Gasteiger partial charge on any atom is -0.324 e. The molecule has 14 heavy (non-hydrogen) atoms. The van der Waals surface area contributed by atoms with Crippen LogP contribution >= 0.6 is 27.5 Å². The van der Waals surface area contributed by atoms with Gasteiger partial charge < -0.3 is 5.73 Å². The van der Waals surface area contributed by atoms with Gasteiger partial charge in [0.25, 0.3) is 0 Å². The van der Waals surface area contributed by atoms with Crippen molar-refractivity contribution < 1.29 is 0 Å². The number of rotatable bonds is 2. The normalized spacial score (nSPS) is 19.1. The van der Waals surface area contributed by atoms with Crippen LogP contribution in [0.15, 0.2) is 22.7 Å². The molecule has 1 atom stereocenters. The molecule has 0 unspecified atom stereocenters. The fourth-order valence-electron chi connectivity index (χ4n) is 1.82. The van der Waals surface area contributed by atoms with Gasteiger partial charge in [0.15, 0.2) is 0 Å². The summed E-state index contributed by atoms with van der Waals surface area (Å²) in [5, 5.41) is 0.762. The lowest BCUT2D eigenvalue weighted by Gasteiger charge is -2.32. The monoisotopic (exact) mass is 273 g/mol. The molecule has 2 rings (SSSR count). The molecule has 1 aliphatic carbocycles. The van der Waals surface area contributed by atoms with E-state index in [1.807, 2.05) is 18.2 Å². The van der Waals surface area contributed by atoms with Crippen molar-refractivity contribution in [3.8, 4) is 0 Å². The summed E-state index contributed by atoms with van der Waals surface area (Å²) in [6.07, 6.45) is 3.82. The lowest BCUT2D eigenvalue weighted by Crippen LogP contribution is -2.27. The molecule has 1 aliphatic rings. The van der Waals surface area contributed by atoms with Crippen LogP contribution in [0, 0.1) is 5.92 Å². The molecule has 1 fully saturated rings. The Morgan fingerprint density at radius 3 is 2.71 bits per heavy atom. The second-order valence-electron chi connectivity index (χ2n) is 3.88. The van der Waals surface area contributed by atoms with Crippen LogP contribution in [0.2, 0.25) is 5.02 Å². The number of hydrogen-bond donors (Lipinski definition) is 1. The molecular formula is C11H13BrClN. The summed E-state index contributed by atoms with van der Waals surface area (Å²) in [5.41, 5.74) is 7.32. The van der Waals surface area contributed by atoms with Crippen molar-refractivity contribution >= 4 is 27.5 Å². The van der Waals surface area contributed by atoms with E-state index >= 15 is 0 Å². The van der Waals surface area contributed by atoms with E-state index in [0.717, 1.165) is 15.1 Å². The predicted octanol–water partition coefficient (Wildman–Crippen LogP) is 3.90. The van der Waals surface area contributed by atoms with Gasteiger partial charge in [-0.1, -0.05) is 34.0 Å². The van der Waals surface area contributed by atoms with Crippen molar-refractivity contribution in [1.82, 2.24) is 0 Å². The lowest BCUT2D eigenvalue weighted by atomic mass is 9.78. The van der Waals surface area contributed by atoms with Crippen molar-refractivity contribution in [1.29, 1.82) is 0 Å². The largest absolute Gasteiger partial charge is 0.324 e. The van der Waals surface area contributed by atoms with Crippen molar-refractivity contribution in [2.75, 3.05) is 0 Å². The van der Waals surface area contributed by atoms with E-state index in [1.165, 1.54) is 19.3 Å². The summed E-state index contributed by atoms with van der Waals surface area (Å²) < 4.78 is 1.07. The third-order valence-electron chi connectivity index (χ3n) is 2.97. The molecule has 0 bridgehead atoms. The summed E-state index contributed by atoms with van der Waals surface area (Å²) >= 11 is 9.46. The van der Waals surface area contributed by atoms with Gasteiger partial charge >= 0.3 is 0 Å². The topological polar surface area (TPSA) is 26.0 Å². The Kier molecular flexibility index (Phi) is 3.15. The number of hydrogen-bond acceptors (Lipinski definition) is 1. The van der Waals surface area contributed by atoms with E-state index in [-0.39, 0.29) is 6.04 Å². The molecular weight excluding hydrogens is 261 g/mol. The second-order valence-corrected chi connectivity index (χ2v) is 5.17. The Balaban J connectivity index is 2.24. The minimum atomic E-state index is 0.136. The van der Waals surface area contributed by atoms with Crippen LogP contribution in [0.25, 0.3) is 0 Å². The molecule has 1 aromatic rings. The Morgan fingerprint density at radius 2 is 2.14 bits per heavy atom. The van der Waals surface area contributed by atoms with Gasteiger partial charge in [-0.15, -0.1) is 0 Å². The molecule has 0 aromatic heterocycles. The summed E-state index contributed by atoms with van der Waals surface area (Å²) in [4.78, 5) is 0. The zero-order valence-electron chi connectivity index (χ0n) is 7.84. The second kappa shape index (κ2) is 4.21.